The molecule has 6 heteroatoms. The fourth-order valence-electron chi connectivity index (χ4n) is 3.59. The molecule has 4 rings (SSSR count). The van der Waals surface area contributed by atoms with Crippen LogP contribution in [0.25, 0.3) is 0 Å². The molecule has 1 unspecified atom stereocenters. The van der Waals surface area contributed by atoms with Crippen LogP contribution in [0.5, 0.6) is 0 Å². The Bertz CT molecular complexity index is 1100. The van der Waals surface area contributed by atoms with E-state index in [4.69, 9.17) is 5.73 Å². The Morgan fingerprint density at radius 3 is 2.07 bits per heavy atom. The van der Waals surface area contributed by atoms with Crippen LogP contribution in [-0.2, 0) is 0 Å². The van der Waals surface area contributed by atoms with Gasteiger partial charge in [-0.3, -0.25) is 9.97 Å². The van der Waals surface area contributed by atoms with Crippen molar-refractivity contribution < 1.29 is 0 Å². The lowest BCUT2D eigenvalue weighted by molar-refractivity contribution is 0.668. The van der Waals surface area contributed by atoms with E-state index < -0.39 is 0 Å². The molecule has 0 saturated carbocycles. The maximum Gasteiger partial charge on any atom is 0.220 e. The van der Waals surface area contributed by atoms with Crippen LogP contribution in [-0.4, -0.2) is 19.9 Å². The van der Waals surface area contributed by atoms with Gasteiger partial charge in [0.05, 0.1) is 17.3 Å². The van der Waals surface area contributed by atoms with Gasteiger partial charge in [0.15, 0.2) is 0 Å². The van der Waals surface area contributed by atoms with Gasteiger partial charge in [-0.2, -0.15) is 5.26 Å². The zero-order valence-electron chi connectivity index (χ0n) is 15.6. The molecule has 0 aliphatic rings. The van der Waals surface area contributed by atoms with Crippen LogP contribution in [0.1, 0.15) is 39.8 Å². The quantitative estimate of drug-likeness (QED) is 0.568. The van der Waals surface area contributed by atoms with Crippen molar-refractivity contribution in [1.82, 2.24) is 19.9 Å². The summed E-state index contributed by atoms with van der Waals surface area (Å²) in [7, 11) is 0. The van der Waals surface area contributed by atoms with E-state index in [1.54, 1.807) is 24.7 Å². The lowest BCUT2D eigenvalue weighted by Crippen LogP contribution is -2.17. The van der Waals surface area contributed by atoms with Gasteiger partial charge >= 0.3 is 0 Å². The normalized spacial score (nSPS) is 11.7. The monoisotopic (exact) mass is 378 g/mol. The van der Waals surface area contributed by atoms with Crippen molar-refractivity contribution in [2.75, 3.05) is 5.73 Å². The third kappa shape index (κ3) is 3.94. The van der Waals surface area contributed by atoms with Gasteiger partial charge in [-0.1, -0.05) is 24.3 Å². The minimum absolute atomic E-state index is 0.124. The molecular weight excluding hydrogens is 360 g/mol. The summed E-state index contributed by atoms with van der Waals surface area (Å²) in [4.78, 5) is 17.2. The first kappa shape index (κ1) is 18.3. The zero-order valence-corrected chi connectivity index (χ0v) is 15.6. The Morgan fingerprint density at radius 1 is 0.793 bits per heavy atom. The zero-order chi connectivity index (χ0) is 20.1. The number of hydrogen-bond donors (Lipinski definition) is 1. The van der Waals surface area contributed by atoms with Gasteiger partial charge in [0.25, 0.3) is 0 Å². The number of aromatic nitrogens is 4. The molecule has 4 aromatic rings. The summed E-state index contributed by atoms with van der Waals surface area (Å²) < 4.78 is 0. The number of hydrogen-bond acceptors (Lipinski definition) is 6. The van der Waals surface area contributed by atoms with Gasteiger partial charge in [-0.25, -0.2) is 9.97 Å². The SMILES string of the molecule is N#Cc1cccc(C(c2ccnc(N)n2)C(c2cccnc2)c2cccnc2)c1. The summed E-state index contributed by atoms with van der Waals surface area (Å²) in [6, 6.07) is 19.6. The highest BCUT2D eigenvalue weighted by atomic mass is 15.0. The summed E-state index contributed by atoms with van der Waals surface area (Å²) in [6.07, 6.45) is 8.85. The van der Waals surface area contributed by atoms with Gasteiger partial charge in [0, 0.05) is 42.8 Å². The molecule has 0 saturated heterocycles. The van der Waals surface area contributed by atoms with E-state index in [-0.39, 0.29) is 17.8 Å². The Labute approximate surface area is 168 Å². The second-order valence-corrected chi connectivity index (χ2v) is 6.61. The molecule has 1 aromatic carbocycles. The number of pyridine rings is 2. The second-order valence-electron chi connectivity index (χ2n) is 6.61. The van der Waals surface area contributed by atoms with Crippen molar-refractivity contribution in [2.45, 2.75) is 11.8 Å². The molecule has 0 radical (unpaired) electrons. The van der Waals surface area contributed by atoms with Gasteiger partial charge in [-0.05, 0) is 47.0 Å². The topological polar surface area (TPSA) is 101 Å². The summed E-state index contributed by atoms with van der Waals surface area (Å²) in [5, 5.41) is 9.42. The number of rotatable bonds is 5. The third-order valence-corrected chi connectivity index (χ3v) is 4.81. The van der Waals surface area contributed by atoms with Crippen LogP contribution in [0.15, 0.2) is 85.6 Å². The minimum Gasteiger partial charge on any atom is -0.368 e. The van der Waals surface area contributed by atoms with Crippen LogP contribution in [0, 0.1) is 11.3 Å². The van der Waals surface area contributed by atoms with E-state index in [1.165, 1.54) is 0 Å². The molecule has 0 spiro atoms. The van der Waals surface area contributed by atoms with E-state index >= 15 is 0 Å². The standard InChI is InChI=1S/C23H18N6/c24-13-16-4-1-5-17(12-16)22(20-8-11-28-23(25)29-20)21(18-6-2-9-26-14-18)19-7-3-10-27-15-19/h1-12,14-15,21-22H,(H2,25,28,29). The summed E-state index contributed by atoms with van der Waals surface area (Å²) in [5.74, 6) is -0.122. The second kappa shape index (κ2) is 8.28. The first-order valence-corrected chi connectivity index (χ1v) is 9.14. The smallest absolute Gasteiger partial charge is 0.220 e. The fraction of sp³-hybridized carbons (Fsp3) is 0.0870. The van der Waals surface area contributed by atoms with Gasteiger partial charge in [-0.15, -0.1) is 0 Å². The molecule has 29 heavy (non-hydrogen) atoms. The maximum absolute atomic E-state index is 9.42. The molecule has 6 nitrogen and oxygen atoms in total. The van der Waals surface area contributed by atoms with E-state index in [0.29, 0.717) is 5.56 Å². The number of benzene rings is 1. The summed E-state index contributed by atoms with van der Waals surface area (Å²) >= 11 is 0. The van der Waals surface area contributed by atoms with Crippen LogP contribution in [0.4, 0.5) is 5.95 Å². The lowest BCUT2D eigenvalue weighted by atomic mass is 9.76. The Kier molecular flexibility index (Phi) is 5.21. The molecule has 0 aliphatic heterocycles. The highest BCUT2D eigenvalue weighted by Crippen LogP contribution is 2.42. The van der Waals surface area contributed by atoms with Crippen molar-refractivity contribution in [2.24, 2.45) is 0 Å². The predicted octanol–water partition coefficient (Wildman–Crippen LogP) is 3.68. The minimum atomic E-state index is -0.206. The van der Waals surface area contributed by atoms with Gasteiger partial charge in [0.2, 0.25) is 5.95 Å². The van der Waals surface area contributed by atoms with E-state index in [1.807, 2.05) is 60.9 Å². The molecule has 140 valence electrons. The Hall–Kier alpha value is -4.11. The molecule has 0 aliphatic carbocycles. The highest BCUT2D eigenvalue weighted by Gasteiger charge is 2.30. The number of nitrogen functional groups attached to an aromatic ring is 1. The third-order valence-electron chi connectivity index (χ3n) is 4.81. The summed E-state index contributed by atoms with van der Waals surface area (Å²) in [5.41, 5.74) is 10.3. The van der Waals surface area contributed by atoms with Crippen LogP contribution < -0.4 is 5.73 Å². The van der Waals surface area contributed by atoms with Crippen LogP contribution in [0.2, 0.25) is 0 Å². The molecule has 2 N–H and O–H groups in total. The Morgan fingerprint density at radius 2 is 1.48 bits per heavy atom. The molecule has 3 aromatic heterocycles. The average Bonchev–Trinajstić information content (AvgIpc) is 2.78. The predicted molar refractivity (Wildman–Crippen MR) is 110 cm³/mol. The lowest BCUT2D eigenvalue weighted by Gasteiger charge is -2.28. The van der Waals surface area contributed by atoms with Crippen molar-refractivity contribution in [1.29, 1.82) is 5.26 Å². The van der Waals surface area contributed by atoms with Crippen molar-refractivity contribution in [3.8, 4) is 6.07 Å². The number of nitrogens with two attached hydrogens (primary N) is 1. The van der Waals surface area contributed by atoms with Crippen molar-refractivity contribution in [3.05, 3.63) is 114 Å². The van der Waals surface area contributed by atoms with E-state index in [2.05, 4.69) is 26.0 Å². The molecular formula is C23H18N6. The molecule has 0 fully saturated rings. The molecule has 0 amide bonds. The fourth-order valence-corrected chi connectivity index (χ4v) is 3.59. The first-order valence-electron chi connectivity index (χ1n) is 9.14. The molecule has 1 atom stereocenters. The highest BCUT2D eigenvalue weighted by molar-refractivity contribution is 5.44. The Balaban J connectivity index is 1.97. The first-order chi connectivity index (χ1) is 14.3. The number of nitrogens with zero attached hydrogens (tertiary/aromatic N) is 5. The largest absolute Gasteiger partial charge is 0.368 e. The summed E-state index contributed by atoms with van der Waals surface area (Å²) in [6.45, 7) is 0. The molecule has 0 bridgehead atoms. The van der Waals surface area contributed by atoms with Crippen LogP contribution in [0.3, 0.4) is 0 Å². The van der Waals surface area contributed by atoms with Crippen LogP contribution >= 0.6 is 0 Å². The van der Waals surface area contributed by atoms with Crippen molar-refractivity contribution in [3.63, 3.8) is 0 Å². The number of anilines is 1. The maximum atomic E-state index is 9.42. The number of nitriles is 1. The van der Waals surface area contributed by atoms with Crippen molar-refractivity contribution >= 4 is 5.95 Å². The average molecular weight is 378 g/mol. The van der Waals surface area contributed by atoms with E-state index in [0.717, 1.165) is 22.4 Å². The van der Waals surface area contributed by atoms with E-state index in [9.17, 15) is 5.26 Å². The van der Waals surface area contributed by atoms with Gasteiger partial charge < -0.3 is 5.73 Å². The van der Waals surface area contributed by atoms with Gasteiger partial charge in [0.1, 0.15) is 0 Å². The molecule has 3 heterocycles.